The molecule has 0 radical (unpaired) electrons. The summed E-state index contributed by atoms with van der Waals surface area (Å²) in [6, 6.07) is 12.2. The Morgan fingerprint density at radius 1 is 1.12 bits per heavy atom. The van der Waals surface area contributed by atoms with E-state index in [2.05, 4.69) is 22.0 Å². The lowest BCUT2D eigenvalue weighted by Gasteiger charge is -2.33. The van der Waals surface area contributed by atoms with Crippen LogP contribution in [0.25, 0.3) is 0 Å². The number of hydrogen-bond acceptors (Lipinski definition) is 4. The van der Waals surface area contributed by atoms with Crippen molar-refractivity contribution in [2.45, 2.75) is 19.5 Å². The number of nitrogens with zero attached hydrogens (tertiary/aromatic N) is 3. The fourth-order valence-corrected chi connectivity index (χ4v) is 4.19. The summed E-state index contributed by atoms with van der Waals surface area (Å²) in [5, 5.41) is 0. The van der Waals surface area contributed by atoms with Crippen molar-refractivity contribution in [3.05, 3.63) is 59.9 Å². The average Bonchev–Trinajstić information content (AvgIpc) is 3.09. The van der Waals surface area contributed by atoms with Gasteiger partial charge in [-0.1, -0.05) is 18.2 Å². The molecule has 2 atom stereocenters. The van der Waals surface area contributed by atoms with Crippen molar-refractivity contribution in [2.75, 3.05) is 26.7 Å². The number of rotatable bonds is 5. The first-order valence-corrected chi connectivity index (χ1v) is 9.26. The second kappa shape index (κ2) is 7.46. The van der Waals surface area contributed by atoms with Gasteiger partial charge in [0.1, 0.15) is 5.75 Å². The fourth-order valence-electron chi connectivity index (χ4n) is 4.19. The van der Waals surface area contributed by atoms with Crippen molar-refractivity contribution in [3.63, 3.8) is 0 Å². The zero-order valence-electron chi connectivity index (χ0n) is 15.2. The first-order valence-electron chi connectivity index (χ1n) is 9.26. The van der Waals surface area contributed by atoms with Gasteiger partial charge >= 0.3 is 0 Å². The summed E-state index contributed by atoms with van der Waals surface area (Å²) in [4.78, 5) is 21.5. The molecule has 5 nitrogen and oxygen atoms in total. The normalized spacial score (nSPS) is 23.1. The summed E-state index contributed by atoms with van der Waals surface area (Å²) in [6.07, 6.45) is 4.71. The van der Waals surface area contributed by atoms with Crippen LogP contribution in [0.2, 0.25) is 0 Å². The number of ether oxygens (including phenoxy) is 1. The van der Waals surface area contributed by atoms with Gasteiger partial charge in [0.05, 0.1) is 13.0 Å². The first-order chi connectivity index (χ1) is 12.7. The molecule has 3 heterocycles. The fraction of sp³-hybridized carbons (Fsp3) is 0.429. The van der Waals surface area contributed by atoms with E-state index in [0.717, 1.165) is 43.9 Å². The molecule has 2 aliphatic rings. The van der Waals surface area contributed by atoms with Crippen molar-refractivity contribution in [2.24, 2.45) is 11.8 Å². The van der Waals surface area contributed by atoms with Crippen molar-refractivity contribution in [1.29, 1.82) is 0 Å². The van der Waals surface area contributed by atoms with Crippen LogP contribution in [0.1, 0.15) is 17.5 Å². The second-order valence-electron chi connectivity index (χ2n) is 7.32. The minimum absolute atomic E-state index is 0.138. The molecule has 1 amide bonds. The van der Waals surface area contributed by atoms with Gasteiger partial charge in [-0.05, 0) is 41.7 Å². The van der Waals surface area contributed by atoms with E-state index in [1.54, 1.807) is 13.3 Å². The highest BCUT2D eigenvalue weighted by Gasteiger charge is 2.42. The Balaban J connectivity index is 1.37. The molecule has 0 bridgehead atoms. The molecule has 2 fully saturated rings. The Morgan fingerprint density at radius 3 is 2.69 bits per heavy atom. The molecular weight excluding hydrogens is 326 g/mol. The van der Waals surface area contributed by atoms with Crippen molar-refractivity contribution in [3.8, 4) is 5.75 Å². The number of carbonyl (C=O) groups excluding carboxylic acids is 1. The number of likely N-dealkylation sites (tertiary alicyclic amines) is 2. The SMILES string of the molecule is COc1ccc(CN2C[C@@H]3CCN(Cc4cccnc4)C(=O)[C@H]3C2)cc1. The Labute approximate surface area is 154 Å². The van der Waals surface area contributed by atoms with E-state index in [4.69, 9.17) is 4.74 Å². The van der Waals surface area contributed by atoms with Gasteiger partial charge in [-0.25, -0.2) is 0 Å². The minimum Gasteiger partial charge on any atom is -0.497 e. The van der Waals surface area contributed by atoms with Gasteiger partial charge in [0, 0.05) is 45.1 Å². The molecule has 2 aliphatic heterocycles. The van der Waals surface area contributed by atoms with E-state index in [0.29, 0.717) is 18.4 Å². The maximum Gasteiger partial charge on any atom is 0.227 e. The monoisotopic (exact) mass is 351 g/mol. The molecule has 1 aromatic carbocycles. The maximum atomic E-state index is 13.0. The number of hydrogen-bond donors (Lipinski definition) is 0. The Kier molecular flexibility index (Phi) is 4.89. The molecule has 2 aromatic rings. The third-order valence-corrected chi connectivity index (χ3v) is 5.58. The molecule has 2 saturated heterocycles. The van der Waals surface area contributed by atoms with E-state index >= 15 is 0 Å². The van der Waals surface area contributed by atoms with Crippen LogP contribution in [0.5, 0.6) is 5.75 Å². The Hall–Kier alpha value is -2.40. The number of pyridine rings is 1. The molecule has 0 unspecified atom stereocenters. The third-order valence-electron chi connectivity index (χ3n) is 5.58. The number of aromatic nitrogens is 1. The molecule has 0 N–H and O–H groups in total. The van der Waals surface area contributed by atoms with E-state index in [9.17, 15) is 4.79 Å². The number of carbonyl (C=O) groups is 1. The van der Waals surface area contributed by atoms with Crippen molar-refractivity contribution in [1.82, 2.24) is 14.8 Å². The van der Waals surface area contributed by atoms with E-state index < -0.39 is 0 Å². The molecule has 136 valence electrons. The van der Waals surface area contributed by atoms with Gasteiger partial charge in [-0.3, -0.25) is 14.7 Å². The van der Waals surface area contributed by atoms with Crippen LogP contribution in [0, 0.1) is 11.8 Å². The van der Waals surface area contributed by atoms with Gasteiger partial charge < -0.3 is 9.64 Å². The highest BCUT2D eigenvalue weighted by Crippen LogP contribution is 2.33. The van der Waals surface area contributed by atoms with Gasteiger partial charge in [-0.15, -0.1) is 0 Å². The average molecular weight is 351 g/mol. The lowest BCUT2D eigenvalue weighted by atomic mass is 9.88. The van der Waals surface area contributed by atoms with Crippen molar-refractivity contribution < 1.29 is 9.53 Å². The number of methoxy groups -OCH3 is 1. The molecule has 1 aromatic heterocycles. The zero-order valence-corrected chi connectivity index (χ0v) is 15.2. The van der Waals surface area contributed by atoms with E-state index in [1.165, 1.54) is 5.56 Å². The molecule has 5 heteroatoms. The zero-order chi connectivity index (χ0) is 17.9. The lowest BCUT2D eigenvalue weighted by molar-refractivity contribution is -0.140. The number of piperidine rings is 1. The van der Waals surface area contributed by atoms with Crippen LogP contribution in [-0.2, 0) is 17.9 Å². The maximum absolute atomic E-state index is 13.0. The van der Waals surface area contributed by atoms with E-state index in [-0.39, 0.29) is 5.92 Å². The predicted octanol–water partition coefficient (Wildman–Crippen LogP) is 2.57. The summed E-state index contributed by atoms with van der Waals surface area (Å²) < 4.78 is 5.22. The van der Waals surface area contributed by atoms with Gasteiger partial charge in [-0.2, -0.15) is 0 Å². The summed E-state index contributed by atoms with van der Waals surface area (Å²) >= 11 is 0. The number of fused-ring (bicyclic) bond motifs is 1. The quantitative estimate of drug-likeness (QED) is 0.831. The van der Waals surface area contributed by atoms with Crippen LogP contribution in [0.3, 0.4) is 0 Å². The predicted molar refractivity (Wildman–Crippen MR) is 99.5 cm³/mol. The molecule has 0 saturated carbocycles. The van der Waals surface area contributed by atoms with Crippen LogP contribution in [0.15, 0.2) is 48.8 Å². The summed E-state index contributed by atoms with van der Waals surface area (Å²) in [5.74, 6) is 1.82. The Morgan fingerprint density at radius 2 is 1.96 bits per heavy atom. The van der Waals surface area contributed by atoms with E-state index in [1.807, 2.05) is 35.4 Å². The smallest absolute Gasteiger partial charge is 0.227 e. The molecule has 4 rings (SSSR count). The third kappa shape index (κ3) is 3.58. The summed E-state index contributed by atoms with van der Waals surface area (Å²) in [5.41, 5.74) is 2.37. The largest absolute Gasteiger partial charge is 0.497 e. The van der Waals surface area contributed by atoms with Gasteiger partial charge in [0.15, 0.2) is 0 Å². The Bertz CT molecular complexity index is 748. The number of benzene rings is 1. The van der Waals surface area contributed by atoms with Crippen LogP contribution in [0.4, 0.5) is 0 Å². The minimum atomic E-state index is 0.138. The first kappa shape index (κ1) is 17.0. The van der Waals surface area contributed by atoms with Gasteiger partial charge in [0.2, 0.25) is 5.91 Å². The number of amides is 1. The topological polar surface area (TPSA) is 45.7 Å². The summed E-state index contributed by atoms with van der Waals surface area (Å²) in [6.45, 7) is 4.30. The van der Waals surface area contributed by atoms with Crippen LogP contribution >= 0.6 is 0 Å². The highest BCUT2D eigenvalue weighted by molar-refractivity contribution is 5.80. The van der Waals surface area contributed by atoms with Crippen LogP contribution < -0.4 is 4.74 Å². The second-order valence-corrected chi connectivity index (χ2v) is 7.32. The molecular formula is C21H25N3O2. The van der Waals surface area contributed by atoms with Crippen LogP contribution in [-0.4, -0.2) is 47.4 Å². The van der Waals surface area contributed by atoms with Crippen molar-refractivity contribution >= 4 is 5.91 Å². The molecule has 26 heavy (non-hydrogen) atoms. The van der Waals surface area contributed by atoms with Gasteiger partial charge in [0.25, 0.3) is 0 Å². The molecule has 0 spiro atoms. The summed E-state index contributed by atoms with van der Waals surface area (Å²) in [7, 11) is 1.68. The standard InChI is InChI=1S/C21H25N3O2/c1-26-19-6-4-16(5-7-19)12-23-14-18-8-10-24(21(25)20(18)15-23)13-17-3-2-9-22-11-17/h2-7,9,11,18,20H,8,10,12-15H2,1H3/t18-,20-/m0/s1. The lowest BCUT2D eigenvalue weighted by Crippen LogP contribution is -2.44. The highest BCUT2D eigenvalue weighted by atomic mass is 16.5. The molecule has 0 aliphatic carbocycles.